The Morgan fingerprint density at radius 2 is 1.70 bits per heavy atom. The first-order valence-electron chi connectivity index (χ1n) is 5.99. The van der Waals surface area contributed by atoms with Crippen LogP contribution in [0.15, 0.2) is 77.5 Å². The minimum Gasteiger partial charge on any atom is -0.748 e. The Labute approximate surface area is 133 Å². The van der Waals surface area contributed by atoms with Gasteiger partial charge in [-0.25, -0.2) is 0 Å². The van der Waals surface area contributed by atoms with Crippen LogP contribution in [0.2, 0.25) is 0 Å². The van der Waals surface area contributed by atoms with Gasteiger partial charge in [-0.1, -0.05) is 17.7 Å². The predicted molar refractivity (Wildman–Crippen MR) is 81.8 cm³/mol. The standard InChI is InChI=1S/C12H9OS.C5H5.Fe/c13-12(11-3-1-2-4-11)6-5-10-7-8-14-9-10;1-2-4-5-3-1;/h1-9H;1-5H;/q-1;-5;. The zero-order valence-electron chi connectivity index (χ0n) is 10.8. The van der Waals surface area contributed by atoms with E-state index in [0.29, 0.717) is 0 Å². The van der Waals surface area contributed by atoms with Crippen LogP contribution in [0.1, 0.15) is 15.9 Å². The Balaban J connectivity index is 0.000000283. The number of carbonyl (C=O) groups is 1. The third-order valence-corrected chi connectivity index (χ3v) is 3.17. The van der Waals surface area contributed by atoms with Crippen LogP contribution in [0.4, 0.5) is 0 Å². The second-order valence-electron chi connectivity index (χ2n) is 3.89. The SMILES string of the molecule is O=C(C=Cc1ccsc1)[c-]1cccc1.[Fe].[cH-]1[cH-][cH-][cH-][cH-]1. The van der Waals surface area contributed by atoms with Gasteiger partial charge in [0.05, 0.1) is 0 Å². The van der Waals surface area contributed by atoms with Crippen molar-refractivity contribution in [2.75, 3.05) is 0 Å². The molecule has 0 N–H and O–H groups in total. The molecule has 3 rings (SSSR count). The number of hydrogen-bond acceptors (Lipinski definition) is 2. The number of allylic oxidation sites excluding steroid dienone is 1. The third kappa shape index (κ3) is 5.54. The maximum Gasteiger partial charge on any atom is 0.105 e. The van der Waals surface area contributed by atoms with Gasteiger partial charge in [0.25, 0.3) is 0 Å². The molecule has 20 heavy (non-hydrogen) atoms. The summed E-state index contributed by atoms with van der Waals surface area (Å²) >= 11 is 1.63. The average Bonchev–Trinajstić information content (AvgIpc) is 3.21. The molecule has 0 fully saturated rings. The Morgan fingerprint density at radius 1 is 1.10 bits per heavy atom. The summed E-state index contributed by atoms with van der Waals surface area (Å²) in [5.41, 5.74) is 1.83. The van der Waals surface area contributed by atoms with Crippen LogP contribution in [0.5, 0.6) is 0 Å². The van der Waals surface area contributed by atoms with Crippen molar-refractivity contribution < 1.29 is 21.9 Å². The first kappa shape index (κ1) is 16.4. The van der Waals surface area contributed by atoms with Gasteiger partial charge in [-0.3, -0.25) is 0 Å². The van der Waals surface area contributed by atoms with Gasteiger partial charge in [0.15, 0.2) is 0 Å². The molecule has 0 unspecified atom stereocenters. The van der Waals surface area contributed by atoms with Crippen molar-refractivity contribution in [2.24, 2.45) is 0 Å². The second kappa shape index (κ2) is 9.27. The topological polar surface area (TPSA) is 17.1 Å². The smallest absolute Gasteiger partial charge is 0.105 e. The summed E-state index contributed by atoms with van der Waals surface area (Å²) in [7, 11) is 0. The fraction of sp³-hybridized carbons (Fsp3) is 0. The van der Waals surface area contributed by atoms with E-state index in [2.05, 4.69) is 0 Å². The molecule has 0 radical (unpaired) electrons. The quantitative estimate of drug-likeness (QED) is 0.294. The number of carbonyl (C=O) groups excluding carboxylic acids is 1. The molecule has 3 heteroatoms. The Kier molecular flexibility index (Phi) is 7.59. The Bertz CT molecular complexity index is 572. The van der Waals surface area contributed by atoms with Crippen LogP contribution in [0.3, 0.4) is 0 Å². The van der Waals surface area contributed by atoms with Crippen LogP contribution in [0, 0.1) is 0 Å². The molecule has 0 aliphatic heterocycles. The van der Waals surface area contributed by atoms with Gasteiger partial charge >= 0.3 is 0 Å². The van der Waals surface area contributed by atoms with Crippen molar-refractivity contribution in [2.45, 2.75) is 0 Å². The van der Waals surface area contributed by atoms with Gasteiger partial charge in [0, 0.05) is 17.1 Å². The van der Waals surface area contributed by atoms with E-state index >= 15 is 0 Å². The van der Waals surface area contributed by atoms with Gasteiger partial charge in [-0.15, -0.1) is 12.1 Å². The fourth-order valence-corrected chi connectivity index (χ4v) is 2.13. The zero-order chi connectivity index (χ0) is 13.3. The van der Waals surface area contributed by atoms with E-state index in [0.717, 1.165) is 11.1 Å². The molecule has 0 aliphatic rings. The molecule has 0 saturated heterocycles. The first-order chi connectivity index (χ1) is 9.36. The number of hydrogen-bond donors (Lipinski definition) is 0. The van der Waals surface area contributed by atoms with E-state index in [4.69, 9.17) is 0 Å². The van der Waals surface area contributed by atoms with Crippen molar-refractivity contribution in [1.82, 2.24) is 0 Å². The molecule has 2 aromatic carbocycles. The molecular weight excluding hydrogens is 308 g/mol. The van der Waals surface area contributed by atoms with Gasteiger partial charge < -0.3 is 35.1 Å². The Hall–Kier alpha value is -1.67. The summed E-state index contributed by atoms with van der Waals surface area (Å²) in [4.78, 5) is 11.5. The van der Waals surface area contributed by atoms with E-state index in [-0.39, 0.29) is 22.9 Å². The van der Waals surface area contributed by atoms with Crippen molar-refractivity contribution in [3.05, 3.63) is 88.6 Å². The van der Waals surface area contributed by atoms with E-state index in [9.17, 15) is 4.79 Å². The largest absolute Gasteiger partial charge is 0.748 e. The summed E-state index contributed by atoms with van der Waals surface area (Å²) in [5, 5.41) is 4.00. The molecule has 0 saturated carbocycles. The first-order valence-corrected chi connectivity index (χ1v) is 6.93. The van der Waals surface area contributed by atoms with Crippen LogP contribution >= 0.6 is 11.3 Å². The maximum absolute atomic E-state index is 11.5. The fourth-order valence-electron chi connectivity index (χ4n) is 1.50. The molecule has 1 aromatic heterocycles. The molecule has 1 heterocycles. The number of rotatable bonds is 3. The summed E-state index contributed by atoms with van der Waals surface area (Å²) in [6, 6.07) is 19.4. The summed E-state index contributed by atoms with van der Waals surface area (Å²) in [6.45, 7) is 0. The van der Waals surface area contributed by atoms with Crippen LogP contribution < -0.4 is 0 Å². The van der Waals surface area contributed by atoms with Gasteiger partial charge in [0.2, 0.25) is 0 Å². The molecular formula is C17H14FeOS-6. The minimum atomic E-state index is 0. The molecule has 108 valence electrons. The zero-order valence-corrected chi connectivity index (χ0v) is 12.7. The average molecular weight is 322 g/mol. The van der Waals surface area contributed by atoms with E-state index in [1.807, 2.05) is 77.5 Å². The van der Waals surface area contributed by atoms with E-state index < -0.39 is 0 Å². The molecule has 3 aromatic rings. The molecule has 0 aliphatic carbocycles. The predicted octanol–water partition coefficient (Wildman–Crippen LogP) is 4.77. The molecule has 0 spiro atoms. The van der Waals surface area contributed by atoms with Crippen molar-refractivity contribution in [1.29, 1.82) is 0 Å². The summed E-state index contributed by atoms with van der Waals surface area (Å²) < 4.78 is 0. The number of thiophene rings is 1. The van der Waals surface area contributed by atoms with Crippen molar-refractivity contribution in [3.63, 3.8) is 0 Å². The van der Waals surface area contributed by atoms with Gasteiger partial charge in [-0.05, 0) is 22.4 Å². The summed E-state index contributed by atoms with van der Waals surface area (Å²) in [5.74, 6) is 0.0567. The van der Waals surface area contributed by atoms with Gasteiger partial charge in [0.1, 0.15) is 5.78 Å². The second-order valence-corrected chi connectivity index (χ2v) is 4.67. The van der Waals surface area contributed by atoms with Crippen molar-refractivity contribution >= 4 is 23.2 Å². The van der Waals surface area contributed by atoms with Crippen LogP contribution in [-0.4, -0.2) is 5.78 Å². The van der Waals surface area contributed by atoms with Crippen LogP contribution in [-0.2, 0) is 17.1 Å². The molecule has 0 amide bonds. The maximum atomic E-state index is 11.5. The monoisotopic (exact) mass is 322 g/mol. The Morgan fingerprint density at radius 3 is 2.20 bits per heavy atom. The van der Waals surface area contributed by atoms with Crippen molar-refractivity contribution in [3.8, 4) is 0 Å². The van der Waals surface area contributed by atoms with E-state index in [1.165, 1.54) is 0 Å². The minimum absolute atomic E-state index is 0. The normalized spacial score (nSPS) is 9.60. The molecule has 0 bridgehead atoms. The molecule has 1 nitrogen and oxygen atoms in total. The summed E-state index contributed by atoms with van der Waals surface area (Å²) in [6.07, 6.45) is 3.45. The van der Waals surface area contributed by atoms with Crippen LogP contribution in [0.25, 0.3) is 6.08 Å². The van der Waals surface area contributed by atoms with E-state index in [1.54, 1.807) is 17.4 Å². The van der Waals surface area contributed by atoms with Gasteiger partial charge in [-0.2, -0.15) is 23.5 Å². The third-order valence-electron chi connectivity index (χ3n) is 2.47. The number of ketones is 1. The molecule has 0 atom stereocenters.